The second-order valence-corrected chi connectivity index (χ2v) is 2.52. The summed E-state index contributed by atoms with van der Waals surface area (Å²) in [6.07, 6.45) is 1.28. The summed E-state index contributed by atoms with van der Waals surface area (Å²) >= 11 is 0. The van der Waals surface area contributed by atoms with Crippen LogP contribution in [-0.2, 0) is 4.79 Å². The summed E-state index contributed by atoms with van der Waals surface area (Å²) in [6.45, 7) is 8.02. The van der Waals surface area contributed by atoms with Crippen molar-refractivity contribution >= 4 is 12.0 Å². The quantitative estimate of drug-likeness (QED) is 0.582. The molecule has 0 aliphatic rings. The van der Waals surface area contributed by atoms with E-state index in [1.807, 2.05) is 0 Å². The number of hydrogen-bond donors (Lipinski definition) is 3. The predicted molar refractivity (Wildman–Crippen MR) is 56.0 cm³/mol. The molecule has 0 aromatic rings. The molecule has 6 nitrogen and oxygen atoms in total. The molecular weight excluding hydrogens is 200 g/mol. The lowest BCUT2D eigenvalue weighted by atomic mass is 10.4. The van der Waals surface area contributed by atoms with Crippen LogP contribution in [-0.4, -0.2) is 40.3 Å². The Morgan fingerprint density at radius 1 is 1.53 bits per heavy atom. The number of carbonyl (C=O) groups excluding carboxylic acids is 1. The van der Waals surface area contributed by atoms with E-state index in [1.54, 1.807) is 0 Å². The zero-order valence-corrected chi connectivity index (χ0v) is 8.64. The fourth-order valence-corrected chi connectivity index (χ4v) is 0.399. The summed E-state index contributed by atoms with van der Waals surface area (Å²) in [5.74, 6) is -0.935. The maximum absolute atomic E-state index is 10.3. The number of primary amides is 1. The second kappa shape index (κ2) is 8.76. The highest BCUT2D eigenvalue weighted by Crippen LogP contribution is 1.84. The van der Waals surface area contributed by atoms with Gasteiger partial charge in [-0.2, -0.15) is 0 Å². The summed E-state index contributed by atoms with van der Waals surface area (Å²) in [5, 5.41) is 16.2. The van der Waals surface area contributed by atoms with Crippen LogP contribution in [0.1, 0.15) is 6.92 Å². The topological polar surface area (TPSA) is 104 Å². The Kier molecular flexibility index (Phi) is 9.14. The molecule has 0 aliphatic heterocycles. The van der Waals surface area contributed by atoms with Crippen molar-refractivity contribution in [3.8, 4) is 0 Å². The minimum Gasteiger partial charge on any atom is -0.478 e. The number of carbonyl (C=O) groups is 2. The number of nitrogens with zero attached hydrogens (tertiary/aromatic N) is 1. The van der Waals surface area contributed by atoms with E-state index in [0.29, 0.717) is 0 Å². The van der Waals surface area contributed by atoms with Crippen molar-refractivity contribution < 1.29 is 19.8 Å². The minimum atomic E-state index is -0.935. The normalized spacial score (nSPS) is 8.13. The third-order valence-corrected chi connectivity index (χ3v) is 1.21. The van der Waals surface area contributed by atoms with Gasteiger partial charge in [0.2, 0.25) is 0 Å². The van der Waals surface area contributed by atoms with Crippen molar-refractivity contribution in [1.82, 2.24) is 4.90 Å². The Labute approximate surface area is 88.3 Å². The van der Waals surface area contributed by atoms with Gasteiger partial charge in [0.05, 0.1) is 13.2 Å². The monoisotopic (exact) mass is 216 g/mol. The fourth-order valence-electron chi connectivity index (χ4n) is 0.399. The lowest BCUT2D eigenvalue weighted by Crippen LogP contribution is -2.32. The molecule has 0 aliphatic carbocycles. The van der Waals surface area contributed by atoms with E-state index >= 15 is 0 Å². The van der Waals surface area contributed by atoms with Gasteiger partial charge in [0.25, 0.3) is 0 Å². The SMILES string of the molecule is C=C(C)C(=O)O.C=CN(CCO)C(N)=O. The van der Waals surface area contributed by atoms with Crippen LogP contribution in [0.2, 0.25) is 0 Å². The molecule has 0 fully saturated rings. The van der Waals surface area contributed by atoms with E-state index in [9.17, 15) is 9.59 Å². The first kappa shape index (κ1) is 15.6. The average molecular weight is 216 g/mol. The molecule has 0 heterocycles. The highest BCUT2D eigenvalue weighted by atomic mass is 16.4. The van der Waals surface area contributed by atoms with Crippen LogP contribution in [0.4, 0.5) is 4.79 Å². The van der Waals surface area contributed by atoms with Crippen LogP contribution < -0.4 is 5.73 Å². The van der Waals surface area contributed by atoms with E-state index in [4.69, 9.17) is 15.9 Å². The molecule has 0 aromatic heterocycles. The maximum Gasteiger partial charge on any atom is 0.330 e. The van der Waals surface area contributed by atoms with Crippen LogP contribution in [0.25, 0.3) is 0 Å². The Morgan fingerprint density at radius 3 is 2.00 bits per heavy atom. The van der Waals surface area contributed by atoms with Crippen molar-refractivity contribution in [1.29, 1.82) is 0 Å². The Balaban J connectivity index is 0. The van der Waals surface area contributed by atoms with Crippen LogP contribution >= 0.6 is 0 Å². The van der Waals surface area contributed by atoms with E-state index in [0.717, 1.165) is 4.90 Å². The molecule has 6 heteroatoms. The molecule has 0 saturated carbocycles. The molecule has 0 bridgehead atoms. The number of aliphatic carboxylic acids is 1. The largest absolute Gasteiger partial charge is 0.478 e. The lowest BCUT2D eigenvalue weighted by Gasteiger charge is -2.11. The van der Waals surface area contributed by atoms with Crippen molar-refractivity contribution in [2.24, 2.45) is 5.73 Å². The number of nitrogens with two attached hydrogens (primary N) is 1. The first-order valence-corrected chi connectivity index (χ1v) is 4.05. The van der Waals surface area contributed by atoms with Gasteiger partial charge >= 0.3 is 12.0 Å². The van der Waals surface area contributed by atoms with Gasteiger partial charge in [0.15, 0.2) is 0 Å². The second-order valence-electron chi connectivity index (χ2n) is 2.52. The first-order chi connectivity index (χ1) is 6.86. The van der Waals surface area contributed by atoms with Gasteiger partial charge in [-0.3, -0.25) is 4.90 Å². The van der Waals surface area contributed by atoms with Crippen molar-refractivity contribution in [2.45, 2.75) is 6.92 Å². The molecule has 0 atom stereocenters. The highest BCUT2D eigenvalue weighted by Gasteiger charge is 2.01. The maximum atomic E-state index is 10.3. The van der Waals surface area contributed by atoms with E-state index in [1.165, 1.54) is 13.1 Å². The van der Waals surface area contributed by atoms with Crippen LogP contribution in [0.3, 0.4) is 0 Å². The van der Waals surface area contributed by atoms with Gasteiger partial charge in [-0.15, -0.1) is 0 Å². The number of hydrogen-bond acceptors (Lipinski definition) is 3. The number of aliphatic hydroxyl groups excluding tert-OH is 1. The third kappa shape index (κ3) is 10.1. The molecule has 0 spiro atoms. The smallest absolute Gasteiger partial charge is 0.330 e. The molecule has 0 rings (SSSR count). The Morgan fingerprint density at radius 2 is 1.93 bits per heavy atom. The van der Waals surface area contributed by atoms with Crippen LogP contribution in [0.15, 0.2) is 24.9 Å². The zero-order valence-electron chi connectivity index (χ0n) is 8.64. The summed E-state index contributed by atoms with van der Waals surface area (Å²) in [7, 11) is 0. The van der Waals surface area contributed by atoms with Gasteiger partial charge < -0.3 is 15.9 Å². The molecular formula is C9H16N2O4. The lowest BCUT2D eigenvalue weighted by molar-refractivity contribution is -0.132. The molecule has 0 radical (unpaired) electrons. The summed E-state index contributed by atoms with van der Waals surface area (Å²) < 4.78 is 0. The number of carboxylic acids is 1. The van der Waals surface area contributed by atoms with E-state index in [2.05, 4.69) is 13.2 Å². The van der Waals surface area contributed by atoms with Gasteiger partial charge in [-0.25, -0.2) is 9.59 Å². The minimum absolute atomic E-state index is 0.102. The molecule has 4 N–H and O–H groups in total. The van der Waals surface area contributed by atoms with Gasteiger partial charge in [0, 0.05) is 11.8 Å². The van der Waals surface area contributed by atoms with Crippen molar-refractivity contribution in [3.05, 3.63) is 24.9 Å². The zero-order chi connectivity index (χ0) is 12.4. The first-order valence-electron chi connectivity index (χ1n) is 4.05. The predicted octanol–water partition coefficient (Wildman–Crippen LogP) is 0.150. The number of urea groups is 1. The van der Waals surface area contributed by atoms with E-state index < -0.39 is 12.0 Å². The molecule has 2 amide bonds. The third-order valence-electron chi connectivity index (χ3n) is 1.21. The van der Waals surface area contributed by atoms with Gasteiger partial charge in [0.1, 0.15) is 0 Å². The Hall–Kier alpha value is -1.82. The Bertz CT molecular complexity index is 238. The van der Waals surface area contributed by atoms with Crippen LogP contribution in [0.5, 0.6) is 0 Å². The number of aliphatic hydroxyl groups is 1. The van der Waals surface area contributed by atoms with Crippen molar-refractivity contribution in [3.63, 3.8) is 0 Å². The molecule has 0 saturated heterocycles. The fraction of sp³-hybridized carbons (Fsp3) is 0.333. The van der Waals surface area contributed by atoms with Gasteiger partial charge in [-0.1, -0.05) is 13.2 Å². The molecule has 0 unspecified atom stereocenters. The molecule has 15 heavy (non-hydrogen) atoms. The standard InChI is InChI=1S/C5H10N2O2.C4H6O2/c1-2-7(3-4-8)5(6)9;1-3(2)4(5)6/h2,8H,1,3-4H2,(H2,6,9);1H2,2H3,(H,5,6). The van der Waals surface area contributed by atoms with Crippen molar-refractivity contribution in [2.75, 3.05) is 13.2 Å². The molecule has 86 valence electrons. The van der Waals surface area contributed by atoms with Gasteiger partial charge in [-0.05, 0) is 6.92 Å². The molecule has 0 aromatic carbocycles. The van der Waals surface area contributed by atoms with Crippen LogP contribution in [0, 0.1) is 0 Å². The highest BCUT2D eigenvalue weighted by molar-refractivity contribution is 5.84. The number of amides is 2. The number of carboxylic acid groups (broad SMARTS) is 1. The average Bonchev–Trinajstić information content (AvgIpc) is 2.14. The summed E-state index contributed by atoms with van der Waals surface area (Å²) in [5.41, 5.74) is 5.01. The van der Waals surface area contributed by atoms with E-state index in [-0.39, 0.29) is 18.7 Å². The summed E-state index contributed by atoms with van der Waals surface area (Å²) in [4.78, 5) is 21.0. The summed E-state index contributed by atoms with van der Waals surface area (Å²) in [6, 6.07) is -0.598. The number of rotatable bonds is 4.